The molecular weight excluding hydrogens is 292 g/mol. The molecule has 6 nitrogen and oxygen atoms in total. The number of piperidine rings is 1. The lowest BCUT2D eigenvalue weighted by atomic mass is 9.95. The Balaban J connectivity index is 1.62. The van der Waals surface area contributed by atoms with E-state index < -0.39 is 5.76 Å². The van der Waals surface area contributed by atoms with Crippen LogP contribution in [0.3, 0.4) is 0 Å². The lowest BCUT2D eigenvalue weighted by Gasteiger charge is -2.22. The van der Waals surface area contributed by atoms with Crippen LogP contribution >= 0.6 is 0 Å². The van der Waals surface area contributed by atoms with Crippen molar-refractivity contribution in [3.63, 3.8) is 0 Å². The molecule has 0 saturated carbocycles. The first-order chi connectivity index (χ1) is 11.3. The van der Waals surface area contributed by atoms with E-state index in [2.05, 4.69) is 15.3 Å². The number of oxazole rings is 1. The minimum atomic E-state index is -0.440. The van der Waals surface area contributed by atoms with Gasteiger partial charge in [0, 0.05) is 0 Å². The summed E-state index contributed by atoms with van der Waals surface area (Å²) in [6.45, 7) is 2.15. The van der Waals surface area contributed by atoms with Crippen LogP contribution in [-0.2, 0) is 6.42 Å². The van der Waals surface area contributed by atoms with Gasteiger partial charge >= 0.3 is 5.76 Å². The molecule has 1 atom stereocenters. The summed E-state index contributed by atoms with van der Waals surface area (Å²) in [5.74, 6) is 0.663. The van der Waals surface area contributed by atoms with Gasteiger partial charge in [-0.1, -0.05) is 12.1 Å². The molecule has 3 heterocycles. The molecule has 1 aliphatic heterocycles. The van der Waals surface area contributed by atoms with Crippen LogP contribution < -0.4 is 11.1 Å². The fraction of sp³-hybridized carbons (Fsp3) is 0.353. The Hall–Kier alpha value is -2.47. The fourth-order valence-electron chi connectivity index (χ4n) is 3.15. The monoisotopic (exact) mass is 310 g/mol. The number of para-hydroxylation sites is 2. The molecule has 3 aromatic rings. The van der Waals surface area contributed by atoms with Crippen molar-refractivity contribution in [1.82, 2.24) is 19.9 Å². The van der Waals surface area contributed by atoms with Gasteiger partial charge in [-0.25, -0.2) is 14.3 Å². The molecule has 0 aliphatic carbocycles. The first-order valence-corrected chi connectivity index (χ1v) is 7.94. The summed E-state index contributed by atoms with van der Waals surface area (Å²) in [5.41, 5.74) is 2.22. The zero-order valence-electron chi connectivity index (χ0n) is 12.7. The summed E-state index contributed by atoms with van der Waals surface area (Å²) in [5, 5.41) is 3.41. The molecule has 0 radical (unpaired) electrons. The number of rotatable bonds is 3. The SMILES string of the molecule is O=c1oc2ccccc2n1-c1cnc(C[C@H]2CCCNC2)cn1. The summed E-state index contributed by atoms with van der Waals surface area (Å²) >= 11 is 0. The van der Waals surface area contributed by atoms with Crippen LogP contribution in [0.15, 0.2) is 45.9 Å². The molecule has 1 aromatic carbocycles. The summed E-state index contributed by atoms with van der Waals surface area (Å²) in [4.78, 5) is 21.0. The van der Waals surface area contributed by atoms with E-state index in [1.54, 1.807) is 18.5 Å². The number of nitrogens with one attached hydrogen (secondary N) is 1. The second-order valence-corrected chi connectivity index (χ2v) is 5.95. The van der Waals surface area contributed by atoms with E-state index in [9.17, 15) is 4.79 Å². The number of nitrogens with zero attached hydrogens (tertiary/aromatic N) is 3. The van der Waals surface area contributed by atoms with Gasteiger partial charge in [-0.2, -0.15) is 0 Å². The third kappa shape index (κ3) is 2.77. The number of aromatic nitrogens is 3. The molecule has 1 aliphatic rings. The van der Waals surface area contributed by atoms with E-state index in [0.717, 1.165) is 25.2 Å². The molecule has 0 bridgehead atoms. The van der Waals surface area contributed by atoms with Crippen LogP contribution in [0.5, 0.6) is 0 Å². The first-order valence-electron chi connectivity index (χ1n) is 7.94. The second kappa shape index (κ2) is 5.96. The Morgan fingerprint density at radius 3 is 2.96 bits per heavy atom. The fourth-order valence-corrected chi connectivity index (χ4v) is 3.15. The van der Waals surface area contributed by atoms with E-state index in [1.807, 2.05) is 18.2 Å². The van der Waals surface area contributed by atoms with E-state index in [0.29, 0.717) is 22.8 Å². The van der Waals surface area contributed by atoms with E-state index in [4.69, 9.17) is 4.42 Å². The van der Waals surface area contributed by atoms with E-state index in [1.165, 1.54) is 17.4 Å². The lowest BCUT2D eigenvalue weighted by molar-refractivity contribution is 0.373. The Bertz CT molecular complexity index is 860. The van der Waals surface area contributed by atoms with Crippen molar-refractivity contribution >= 4 is 11.1 Å². The van der Waals surface area contributed by atoms with E-state index >= 15 is 0 Å². The third-order valence-corrected chi connectivity index (χ3v) is 4.30. The molecule has 1 fully saturated rings. The lowest BCUT2D eigenvalue weighted by Crippen LogP contribution is -2.31. The third-order valence-electron chi connectivity index (χ3n) is 4.30. The first kappa shape index (κ1) is 14.1. The summed E-state index contributed by atoms with van der Waals surface area (Å²) < 4.78 is 6.69. The van der Waals surface area contributed by atoms with Crippen LogP contribution in [0.2, 0.25) is 0 Å². The smallest absolute Gasteiger partial charge is 0.407 e. The number of hydrogen-bond acceptors (Lipinski definition) is 5. The highest BCUT2D eigenvalue weighted by molar-refractivity contribution is 5.74. The van der Waals surface area contributed by atoms with Crippen molar-refractivity contribution in [2.24, 2.45) is 5.92 Å². The maximum absolute atomic E-state index is 12.1. The van der Waals surface area contributed by atoms with Gasteiger partial charge in [0.15, 0.2) is 11.4 Å². The number of hydrogen-bond donors (Lipinski definition) is 1. The van der Waals surface area contributed by atoms with Crippen molar-refractivity contribution in [2.45, 2.75) is 19.3 Å². The standard InChI is InChI=1S/C17H18N4O2/c22-17-21(14-5-1-2-6-15(14)23-17)16-11-19-13(10-20-16)8-12-4-3-7-18-9-12/h1-2,5-6,10-12,18H,3-4,7-9H2/t12-/m1/s1. The molecule has 1 saturated heterocycles. The molecule has 0 amide bonds. The Morgan fingerprint density at radius 2 is 2.17 bits per heavy atom. The normalized spacial score (nSPS) is 18.3. The maximum Gasteiger partial charge on any atom is 0.425 e. The van der Waals surface area contributed by atoms with Gasteiger partial charge in [-0.15, -0.1) is 0 Å². The highest BCUT2D eigenvalue weighted by Crippen LogP contribution is 2.17. The van der Waals surface area contributed by atoms with Crippen molar-refractivity contribution in [3.05, 3.63) is 52.9 Å². The Kier molecular flexibility index (Phi) is 3.67. The van der Waals surface area contributed by atoms with Gasteiger partial charge in [0.25, 0.3) is 0 Å². The van der Waals surface area contributed by atoms with Crippen LogP contribution in [0.4, 0.5) is 0 Å². The molecule has 2 aromatic heterocycles. The van der Waals surface area contributed by atoms with Crippen LogP contribution in [0, 0.1) is 5.92 Å². The van der Waals surface area contributed by atoms with Gasteiger partial charge in [-0.3, -0.25) is 4.98 Å². The van der Waals surface area contributed by atoms with E-state index in [-0.39, 0.29) is 0 Å². The summed E-state index contributed by atoms with van der Waals surface area (Å²) in [7, 11) is 0. The van der Waals surface area contributed by atoms with Crippen molar-refractivity contribution in [2.75, 3.05) is 13.1 Å². The van der Waals surface area contributed by atoms with Gasteiger partial charge in [0.2, 0.25) is 0 Å². The molecule has 4 rings (SSSR count). The molecule has 1 N–H and O–H groups in total. The highest BCUT2D eigenvalue weighted by atomic mass is 16.4. The van der Waals surface area contributed by atoms with Gasteiger partial charge in [0.1, 0.15) is 0 Å². The maximum atomic E-state index is 12.1. The average Bonchev–Trinajstić information content (AvgIpc) is 2.92. The van der Waals surface area contributed by atoms with Crippen LogP contribution in [0.1, 0.15) is 18.5 Å². The molecular formula is C17H18N4O2. The number of benzene rings is 1. The predicted molar refractivity (Wildman–Crippen MR) is 86.7 cm³/mol. The minimum absolute atomic E-state index is 0.440. The molecule has 118 valence electrons. The quantitative estimate of drug-likeness (QED) is 0.800. The Morgan fingerprint density at radius 1 is 1.26 bits per heavy atom. The Labute approximate surface area is 133 Å². The summed E-state index contributed by atoms with van der Waals surface area (Å²) in [6, 6.07) is 7.31. The van der Waals surface area contributed by atoms with Crippen molar-refractivity contribution < 1.29 is 4.42 Å². The second-order valence-electron chi connectivity index (χ2n) is 5.95. The molecule has 23 heavy (non-hydrogen) atoms. The number of fused-ring (bicyclic) bond motifs is 1. The molecule has 0 unspecified atom stereocenters. The van der Waals surface area contributed by atoms with Gasteiger partial charge in [-0.05, 0) is 50.4 Å². The highest BCUT2D eigenvalue weighted by Gasteiger charge is 2.15. The molecule has 0 spiro atoms. The minimum Gasteiger partial charge on any atom is -0.407 e. The largest absolute Gasteiger partial charge is 0.425 e. The zero-order chi connectivity index (χ0) is 15.6. The van der Waals surface area contributed by atoms with Crippen LogP contribution in [0.25, 0.3) is 16.9 Å². The van der Waals surface area contributed by atoms with Gasteiger partial charge < -0.3 is 9.73 Å². The summed E-state index contributed by atoms with van der Waals surface area (Å²) in [6.07, 6.45) is 6.77. The molecule has 6 heteroatoms. The van der Waals surface area contributed by atoms with Crippen LogP contribution in [-0.4, -0.2) is 27.6 Å². The van der Waals surface area contributed by atoms with Gasteiger partial charge in [0.05, 0.1) is 23.6 Å². The van der Waals surface area contributed by atoms with Crippen molar-refractivity contribution in [3.8, 4) is 5.82 Å². The predicted octanol–water partition coefficient (Wildman–Crippen LogP) is 1.92. The zero-order valence-corrected chi connectivity index (χ0v) is 12.7. The topological polar surface area (TPSA) is 73.0 Å². The average molecular weight is 310 g/mol. The van der Waals surface area contributed by atoms with Crippen molar-refractivity contribution in [1.29, 1.82) is 0 Å².